The Hall–Kier alpha value is -1.05. The minimum absolute atomic E-state index is 0.0313. The zero-order chi connectivity index (χ0) is 17.7. The molecule has 0 unspecified atom stereocenters. The zero-order valence-electron chi connectivity index (χ0n) is 13.2. The molecule has 132 valence electrons. The van der Waals surface area contributed by atoms with E-state index in [4.69, 9.17) is 39.5 Å². The number of carbonyl (C=O) groups is 2. The van der Waals surface area contributed by atoms with Crippen LogP contribution in [0.25, 0.3) is 0 Å². The lowest BCUT2D eigenvalue weighted by Crippen LogP contribution is -2.46. The number of likely N-dealkylation sites (N-methyl/N-ethyl adjacent to an activating group) is 1. The molecular formula is C15H18Cl3N3O3. The van der Waals surface area contributed by atoms with E-state index in [0.717, 1.165) is 0 Å². The van der Waals surface area contributed by atoms with Gasteiger partial charge in [-0.3, -0.25) is 14.5 Å². The summed E-state index contributed by atoms with van der Waals surface area (Å²) in [5.41, 5.74) is 0.306. The quantitative estimate of drug-likeness (QED) is 0.833. The van der Waals surface area contributed by atoms with Gasteiger partial charge < -0.3 is 15.0 Å². The number of morpholine rings is 1. The maximum atomic E-state index is 12.1. The predicted molar refractivity (Wildman–Crippen MR) is 95.0 cm³/mol. The topological polar surface area (TPSA) is 61.9 Å². The molecule has 1 aliphatic heterocycles. The fraction of sp³-hybridized carbons (Fsp3) is 0.467. The maximum absolute atomic E-state index is 12.1. The second kappa shape index (κ2) is 8.87. The van der Waals surface area contributed by atoms with Crippen molar-refractivity contribution in [2.75, 3.05) is 51.8 Å². The normalized spacial score (nSPS) is 14.8. The number of anilines is 1. The third-order valence-corrected chi connectivity index (χ3v) is 4.27. The molecule has 1 heterocycles. The van der Waals surface area contributed by atoms with Crippen LogP contribution in [0.15, 0.2) is 12.1 Å². The lowest BCUT2D eigenvalue weighted by atomic mass is 10.3. The number of hydrogen-bond acceptors (Lipinski definition) is 4. The highest BCUT2D eigenvalue weighted by atomic mass is 35.5. The summed E-state index contributed by atoms with van der Waals surface area (Å²) in [4.78, 5) is 27.6. The summed E-state index contributed by atoms with van der Waals surface area (Å²) < 4.78 is 5.21. The number of amides is 2. The number of halogens is 3. The summed E-state index contributed by atoms with van der Waals surface area (Å²) in [6.45, 7) is 2.43. The van der Waals surface area contributed by atoms with Gasteiger partial charge in [0, 0.05) is 18.1 Å². The van der Waals surface area contributed by atoms with Crippen molar-refractivity contribution in [3.63, 3.8) is 0 Å². The second-order valence-corrected chi connectivity index (χ2v) is 6.71. The van der Waals surface area contributed by atoms with Crippen LogP contribution < -0.4 is 5.32 Å². The molecule has 0 atom stereocenters. The predicted octanol–water partition coefficient (Wildman–Crippen LogP) is 2.38. The first kappa shape index (κ1) is 19.3. The van der Waals surface area contributed by atoms with E-state index in [1.807, 2.05) is 0 Å². The number of ether oxygens (including phenoxy) is 1. The lowest BCUT2D eigenvalue weighted by molar-refractivity contribution is -0.136. The van der Waals surface area contributed by atoms with Crippen LogP contribution in [0.3, 0.4) is 0 Å². The smallest absolute Gasteiger partial charge is 0.238 e. The summed E-state index contributed by atoms with van der Waals surface area (Å²) in [5.74, 6) is -0.352. The van der Waals surface area contributed by atoms with E-state index in [9.17, 15) is 9.59 Å². The van der Waals surface area contributed by atoms with Crippen molar-refractivity contribution >= 4 is 52.3 Å². The van der Waals surface area contributed by atoms with Gasteiger partial charge in [0.25, 0.3) is 0 Å². The first-order chi connectivity index (χ1) is 11.4. The van der Waals surface area contributed by atoms with Gasteiger partial charge >= 0.3 is 0 Å². The molecule has 0 saturated carbocycles. The van der Waals surface area contributed by atoms with Crippen molar-refractivity contribution in [2.45, 2.75) is 0 Å². The van der Waals surface area contributed by atoms with E-state index in [0.29, 0.717) is 37.0 Å². The van der Waals surface area contributed by atoms with Gasteiger partial charge in [-0.05, 0) is 19.2 Å². The minimum Gasteiger partial charge on any atom is -0.378 e. The van der Waals surface area contributed by atoms with Crippen LogP contribution in [0.5, 0.6) is 0 Å². The van der Waals surface area contributed by atoms with Crippen LogP contribution in [0.1, 0.15) is 0 Å². The van der Waals surface area contributed by atoms with Gasteiger partial charge in [0.05, 0.1) is 42.0 Å². The van der Waals surface area contributed by atoms with Crippen molar-refractivity contribution < 1.29 is 14.3 Å². The number of benzene rings is 1. The molecule has 0 radical (unpaired) electrons. The molecule has 1 aromatic carbocycles. The molecule has 1 fully saturated rings. The van der Waals surface area contributed by atoms with Crippen LogP contribution >= 0.6 is 34.8 Å². The maximum Gasteiger partial charge on any atom is 0.238 e. The Kier molecular flexibility index (Phi) is 7.13. The largest absolute Gasteiger partial charge is 0.378 e. The molecule has 0 bridgehead atoms. The molecule has 0 aliphatic carbocycles. The third kappa shape index (κ3) is 5.50. The second-order valence-electron chi connectivity index (χ2n) is 5.46. The first-order valence-electron chi connectivity index (χ1n) is 7.35. The van der Waals surface area contributed by atoms with Crippen molar-refractivity contribution in [2.24, 2.45) is 0 Å². The number of nitrogens with zero attached hydrogens (tertiary/aromatic N) is 2. The summed E-state index contributed by atoms with van der Waals surface area (Å²) in [6, 6.07) is 2.99. The Morgan fingerprint density at radius 2 is 1.75 bits per heavy atom. The van der Waals surface area contributed by atoms with Gasteiger partial charge in [-0.25, -0.2) is 0 Å². The minimum atomic E-state index is -0.321. The number of rotatable bonds is 5. The van der Waals surface area contributed by atoms with E-state index in [-0.39, 0.29) is 34.9 Å². The van der Waals surface area contributed by atoms with E-state index in [2.05, 4.69) is 5.32 Å². The van der Waals surface area contributed by atoms with Gasteiger partial charge in [-0.2, -0.15) is 0 Å². The summed E-state index contributed by atoms with van der Waals surface area (Å²) in [6.07, 6.45) is 0. The highest BCUT2D eigenvalue weighted by Crippen LogP contribution is 2.33. The molecule has 2 rings (SSSR count). The molecule has 1 aromatic rings. The molecule has 1 N–H and O–H groups in total. The van der Waals surface area contributed by atoms with Crippen LogP contribution in [0.2, 0.25) is 15.1 Å². The summed E-state index contributed by atoms with van der Waals surface area (Å²) >= 11 is 17.9. The molecule has 24 heavy (non-hydrogen) atoms. The average Bonchev–Trinajstić information content (AvgIpc) is 2.51. The molecule has 0 spiro atoms. The number of carbonyl (C=O) groups excluding carboxylic acids is 2. The van der Waals surface area contributed by atoms with E-state index in [1.165, 1.54) is 12.1 Å². The Bertz CT molecular complexity index is 598. The van der Waals surface area contributed by atoms with Gasteiger partial charge in [-0.15, -0.1) is 0 Å². The highest BCUT2D eigenvalue weighted by Gasteiger charge is 2.19. The molecule has 0 aromatic heterocycles. The Labute approximate surface area is 155 Å². The Balaban J connectivity index is 1.86. The van der Waals surface area contributed by atoms with Gasteiger partial charge in [0.15, 0.2) is 0 Å². The van der Waals surface area contributed by atoms with Crippen LogP contribution in [0.4, 0.5) is 5.69 Å². The third-order valence-electron chi connectivity index (χ3n) is 3.45. The summed E-state index contributed by atoms with van der Waals surface area (Å²) in [7, 11) is 1.70. The Morgan fingerprint density at radius 1 is 1.17 bits per heavy atom. The van der Waals surface area contributed by atoms with E-state index < -0.39 is 0 Å². The van der Waals surface area contributed by atoms with Gasteiger partial charge in [-0.1, -0.05) is 34.8 Å². The van der Waals surface area contributed by atoms with E-state index in [1.54, 1.807) is 16.8 Å². The molecular weight excluding hydrogens is 377 g/mol. The van der Waals surface area contributed by atoms with Crippen LogP contribution in [0, 0.1) is 0 Å². The molecule has 6 nitrogen and oxygen atoms in total. The van der Waals surface area contributed by atoms with Gasteiger partial charge in [0.2, 0.25) is 11.8 Å². The number of nitrogens with one attached hydrogen (secondary N) is 1. The SMILES string of the molecule is CN(CC(=O)Nc1c(Cl)cc(Cl)cc1Cl)CC(=O)N1CCOCC1. The van der Waals surface area contributed by atoms with Crippen LogP contribution in [-0.4, -0.2) is 68.1 Å². The molecule has 9 heteroatoms. The summed E-state index contributed by atoms with van der Waals surface area (Å²) in [5, 5.41) is 3.54. The van der Waals surface area contributed by atoms with Crippen molar-refractivity contribution in [1.82, 2.24) is 9.80 Å². The lowest BCUT2D eigenvalue weighted by Gasteiger charge is -2.28. The van der Waals surface area contributed by atoms with Crippen molar-refractivity contribution in [3.8, 4) is 0 Å². The van der Waals surface area contributed by atoms with E-state index >= 15 is 0 Å². The fourth-order valence-electron chi connectivity index (χ4n) is 2.29. The zero-order valence-corrected chi connectivity index (χ0v) is 15.4. The fourth-order valence-corrected chi connectivity index (χ4v) is 3.20. The molecule has 1 aliphatic rings. The molecule has 1 saturated heterocycles. The molecule has 2 amide bonds. The first-order valence-corrected chi connectivity index (χ1v) is 8.48. The average molecular weight is 395 g/mol. The van der Waals surface area contributed by atoms with Crippen molar-refractivity contribution in [1.29, 1.82) is 0 Å². The monoisotopic (exact) mass is 393 g/mol. The Morgan fingerprint density at radius 3 is 2.33 bits per heavy atom. The highest BCUT2D eigenvalue weighted by molar-refractivity contribution is 6.42. The number of hydrogen-bond donors (Lipinski definition) is 1. The standard InChI is InChI=1S/C15H18Cl3N3O3/c1-20(9-14(23)21-2-4-24-5-3-21)8-13(22)19-15-11(17)6-10(16)7-12(15)18/h6-7H,2-5,8-9H2,1H3,(H,19,22). The van der Waals surface area contributed by atoms with Crippen molar-refractivity contribution in [3.05, 3.63) is 27.2 Å². The van der Waals surface area contributed by atoms with Gasteiger partial charge in [0.1, 0.15) is 0 Å². The van der Waals surface area contributed by atoms with Crippen LogP contribution in [-0.2, 0) is 14.3 Å².